The Bertz CT molecular complexity index is 870. The zero-order valence-electron chi connectivity index (χ0n) is 16.1. The minimum atomic E-state index is -0.342. The molecule has 27 heavy (non-hydrogen) atoms. The molecule has 1 heterocycles. The van der Waals surface area contributed by atoms with Gasteiger partial charge in [-0.3, -0.25) is 4.79 Å². The Morgan fingerprint density at radius 1 is 1.11 bits per heavy atom. The molecular weight excluding hydrogens is 338 g/mol. The number of ether oxygens (including phenoxy) is 1. The molecule has 4 nitrogen and oxygen atoms in total. The van der Waals surface area contributed by atoms with Crippen molar-refractivity contribution in [1.29, 1.82) is 0 Å². The number of benzene rings is 2. The Morgan fingerprint density at radius 2 is 1.85 bits per heavy atom. The van der Waals surface area contributed by atoms with Crippen LogP contribution in [0.25, 0.3) is 0 Å². The maximum Gasteiger partial charge on any atom is 0.336 e. The van der Waals surface area contributed by atoms with Gasteiger partial charge in [-0.2, -0.15) is 0 Å². The van der Waals surface area contributed by atoms with E-state index >= 15 is 0 Å². The van der Waals surface area contributed by atoms with Crippen LogP contribution < -0.4 is 0 Å². The first-order valence-electron chi connectivity index (χ1n) is 9.30. The van der Waals surface area contributed by atoms with Crippen molar-refractivity contribution in [2.24, 2.45) is 0 Å². The van der Waals surface area contributed by atoms with Crippen LogP contribution in [0.2, 0.25) is 0 Å². The summed E-state index contributed by atoms with van der Waals surface area (Å²) in [6.45, 7) is 6.43. The van der Waals surface area contributed by atoms with E-state index in [1.807, 2.05) is 62.4 Å². The summed E-state index contributed by atoms with van der Waals surface area (Å²) in [6.07, 6.45) is 0.265. The highest BCUT2D eigenvalue weighted by molar-refractivity contribution is 5.95. The monoisotopic (exact) mass is 363 g/mol. The molecule has 0 radical (unpaired) electrons. The van der Waals surface area contributed by atoms with E-state index in [0.29, 0.717) is 24.4 Å². The van der Waals surface area contributed by atoms with Crippen molar-refractivity contribution in [3.8, 4) is 0 Å². The predicted octanol–water partition coefficient (Wildman–Crippen LogP) is 4.35. The average Bonchev–Trinajstić information content (AvgIpc) is 2.65. The van der Waals surface area contributed by atoms with E-state index in [1.54, 1.807) is 11.8 Å². The molecule has 0 fully saturated rings. The average molecular weight is 363 g/mol. The highest BCUT2D eigenvalue weighted by Gasteiger charge is 2.36. The van der Waals surface area contributed by atoms with Gasteiger partial charge in [-0.15, -0.1) is 0 Å². The van der Waals surface area contributed by atoms with Crippen molar-refractivity contribution in [1.82, 2.24) is 4.90 Å². The Hall–Kier alpha value is -2.88. The molecule has 3 rings (SSSR count). The minimum Gasteiger partial charge on any atom is -0.463 e. The van der Waals surface area contributed by atoms with E-state index in [-0.39, 0.29) is 24.2 Å². The van der Waals surface area contributed by atoms with Crippen LogP contribution >= 0.6 is 0 Å². The Morgan fingerprint density at radius 3 is 2.52 bits per heavy atom. The Balaban J connectivity index is 2.01. The number of hydrogen-bond acceptors (Lipinski definition) is 3. The number of nitrogens with zero attached hydrogens (tertiary/aromatic N) is 1. The molecule has 1 amide bonds. The van der Waals surface area contributed by atoms with Crippen LogP contribution in [0.5, 0.6) is 0 Å². The summed E-state index contributed by atoms with van der Waals surface area (Å²) in [6, 6.07) is 17.8. The number of carbonyl (C=O) groups is 2. The molecule has 0 bridgehead atoms. The summed E-state index contributed by atoms with van der Waals surface area (Å²) in [5.41, 5.74) is 4.41. The maximum atomic E-state index is 12.9. The maximum absolute atomic E-state index is 12.9. The standard InChI is InChI=1S/C23H25NO3/c1-4-27-23(26)22-17(3)24(15-18-10-8-9-16(2)13-18)21(25)14-20(22)19-11-6-5-7-12-19/h5-13,20H,4,14-15H2,1-3H3. The molecule has 0 saturated carbocycles. The highest BCUT2D eigenvalue weighted by atomic mass is 16.5. The molecule has 0 N–H and O–H groups in total. The summed E-state index contributed by atoms with van der Waals surface area (Å²) >= 11 is 0. The molecule has 1 unspecified atom stereocenters. The van der Waals surface area contributed by atoms with Crippen molar-refractivity contribution >= 4 is 11.9 Å². The van der Waals surface area contributed by atoms with Crippen LogP contribution in [0, 0.1) is 6.92 Å². The van der Waals surface area contributed by atoms with Gasteiger partial charge in [0.15, 0.2) is 0 Å². The molecule has 2 aromatic carbocycles. The fourth-order valence-electron chi connectivity index (χ4n) is 3.64. The largest absolute Gasteiger partial charge is 0.463 e. The molecule has 1 aliphatic heterocycles. The van der Waals surface area contributed by atoms with Crippen molar-refractivity contribution in [2.75, 3.05) is 6.61 Å². The third-order valence-electron chi connectivity index (χ3n) is 4.94. The van der Waals surface area contributed by atoms with Crippen LogP contribution in [0.1, 0.15) is 42.9 Å². The van der Waals surface area contributed by atoms with Gasteiger partial charge in [0.25, 0.3) is 0 Å². The number of carbonyl (C=O) groups excluding carboxylic acids is 2. The van der Waals surface area contributed by atoms with Crippen LogP contribution in [0.4, 0.5) is 0 Å². The van der Waals surface area contributed by atoms with Gasteiger partial charge in [0.05, 0.1) is 18.7 Å². The van der Waals surface area contributed by atoms with Crippen LogP contribution in [-0.2, 0) is 20.9 Å². The fraction of sp³-hybridized carbons (Fsp3) is 0.304. The second kappa shape index (κ2) is 8.21. The zero-order valence-corrected chi connectivity index (χ0v) is 16.1. The second-order valence-electron chi connectivity index (χ2n) is 6.86. The lowest BCUT2D eigenvalue weighted by Gasteiger charge is -2.34. The van der Waals surface area contributed by atoms with Gasteiger partial charge in [-0.1, -0.05) is 60.2 Å². The van der Waals surface area contributed by atoms with Crippen molar-refractivity contribution in [2.45, 2.75) is 39.7 Å². The third kappa shape index (κ3) is 4.11. The zero-order chi connectivity index (χ0) is 19.4. The van der Waals surface area contributed by atoms with Gasteiger partial charge in [0.2, 0.25) is 5.91 Å². The van der Waals surface area contributed by atoms with E-state index in [9.17, 15) is 9.59 Å². The van der Waals surface area contributed by atoms with E-state index in [2.05, 4.69) is 6.07 Å². The molecule has 1 aliphatic rings. The normalized spacial score (nSPS) is 17.2. The van der Waals surface area contributed by atoms with Gasteiger partial charge in [-0.25, -0.2) is 4.79 Å². The number of rotatable bonds is 5. The number of allylic oxidation sites excluding steroid dienone is 1. The van der Waals surface area contributed by atoms with E-state index in [4.69, 9.17) is 4.74 Å². The topological polar surface area (TPSA) is 46.6 Å². The summed E-state index contributed by atoms with van der Waals surface area (Å²) in [5.74, 6) is -0.590. The van der Waals surface area contributed by atoms with Crippen LogP contribution in [-0.4, -0.2) is 23.4 Å². The lowest BCUT2D eigenvalue weighted by atomic mass is 9.83. The molecule has 140 valence electrons. The van der Waals surface area contributed by atoms with Gasteiger partial charge in [0, 0.05) is 18.0 Å². The second-order valence-corrected chi connectivity index (χ2v) is 6.86. The molecule has 4 heteroatoms. The summed E-state index contributed by atoms with van der Waals surface area (Å²) in [7, 11) is 0. The first-order chi connectivity index (χ1) is 13.0. The van der Waals surface area contributed by atoms with Crippen molar-refractivity contribution < 1.29 is 14.3 Å². The van der Waals surface area contributed by atoms with E-state index in [1.165, 1.54) is 0 Å². The molecular formula is C23H25NO3. The summed E-state index contributed by atoms with van der Waals surface area (Å²) < 4.78 is 5.32. The smallest absolute Gasteiger partial charge is 0.336 e. The van der Waals surface area contributed by atoms with Crippen LogP contribution in [0.3, 0.4) is 0 Å². The molecule has 2 aromatic rings. The molecule has 0 aliphatic carbocycles. The summed E-state index contributed by atoms with van der Waals surface area (Å²) in [4.78, 5) is 27.4. The number of amides is 1. The van der Waals surface area contributed by atoms with Crippen LogP contribution in [0.15, 0.2) is 65.9 Å². The van der Waals surface area contributed by atoms with Gasteiger partial charge >= 0.3 is 5.97 Å². The Labute approximate surface area is 160 Å². The lowest BCUT2D eigenvalue weighted by molar-refractivity contribution is -0.140. The van der Waals surface area contributed by atoms with E-state index < -0.39 is 0 Å². The van der Waals surface area contributed by atoms with Crippen molar-refractivity contribution in [3.63, 3.8) is 0 Å². The lowest BCUT2D eigenvalue weighted by Crippen LogP contribution is -2.38. The third-order valence-corrected chi connectivity index (χ3v) is 4.94. The molecule has 0 saturated heterocycles. The minimum absolute atomic E-state index is 0.0240. The first kappa shape index (κ1) is 18.9. The van der Waals surface area contributed by atoms with Gasteiger partial charge < -0.3 is 9.64 Å². The first-order valence-corrected chi connectivity index (χ1v) is 9.30. The fourth-order valence-corrected chi connectivity index (χ4v) is 3.64. The van der Waals surface area contributed by atoms with Crippen molar-refractivity contribution in [3.05, 3.63) is 82.6 Å². The number of hydrogen-bond donors (Lipinski definition) is 0. The van der Waals surface area contributed by atoms with E-state index in [0.717, 1.165) is 16.7 Å². The number of aryl methyl sites for hydroxylation is 1. The SMILES string of the molecule is CCOC(=O)C1=C(C)N(Cc2cccc(C)c2)C(=O)CC1c1ccccc1. The molecule has 0 spiro atoms. The Kier molecular flexibility index (Phi) is 5.75. The van der Waals surface area contributed by atoms with Gasteiger partial charge in [-0.05, 0) is 31.9 Å². The predicted molar refractivity (Wildman–Crippen MR) is 105 cm³/mol. The number of esters is 1. The molecule has 0 aromatic heterocycles. The highest BCUT2D eigenvalue weighted by Crippen LogP contribution is 2.37. The van der Waals surface area contributed by atoms with Gasteiger partial charge in [0.1, 0.15) is 0 Å². The summed E-state index contributed by atoms with van der Waals surface area (Å²) in [5, 5.41) is 0. The molecule has 1 atom stereocenters. The quantitative estimate of drug-likeness (QED) is 0.742.